The summed E-state index contributed by atoms with van der Waals surface area (Å²) in [5.74, 6) is 1.28. The number of hydrogen-bond acceptors (Lipinski definition) is 4. The first-order chi connectivity index (χ1) is 15.2. The molecule has 0 N–H and O–H groups in total. The van der Waals surface area contributed by atoms with E-state index in [9.17, 15) is 4.79 Å². The van der Waals surface area contributed by atoms with Crippen molar-refractivity contribution in [3.05, 3.63) is 95.2 Å². The van der Waals surface area contributed by atoms with E-state index >= 15 is 0 Å². The Kier molecular flexibility index (Phi) is 4.68. The summed E-state index contributed by atoms with van der Waals surface area (Å²) < 4.78 is 16.9. The Bertz CT molecular complexity index is 1450. The molecule has 0 fully saturated rings. The van der Waals surface area contributed by atoms with Gasteiger partial charge in [-0.2, -0.15) is 0 Å². The van der Waals surface area contributed by atoms with Crippen LogP contribution in [0.2, 0.25) is 0 Å². The first-order valence-electron chi connectivity index (χ1n) is 9.97. The molecule has 4 heteroatoms. The predicted octanol–water partition coefficient (Wildman–Crippen LogP) is 6.30. The van der Waals surface area contributed by atoms with Crippen LogP contribution < -0.4 is 14.9 Å². The van der Waals surface area contributed by atoms with E-state index in [4.69, 9.17) is 13.9 Å². The normalized spacial score (nSPS) is 11.0. The molecule has 0 aliphatic rings. The fourth-order valence-corrected chi connectivity index (χ4v) is 3.95. The summed E-state index contributed by atoms with van der Waals surface area (Å²) in [5.41, 5.74) is 4.91. The van der Waals surface area contributed by atoms with Gasteiger partial charge in [-0.25, -0.2) is 0 Å². The second-order valence-corrected chi connectivity index (χ2v) is 7.25. The third-order valence-corrected chi connectivity index (χ3v) is 5.51. The van der Waals surface area contributed by atoms with Crippen molar-refractivity contribution < 1.29 is 13.9 Å². The molecule has 152 valence electrons. The minimum atomic E-state index is -0.108. The van der Waals surface area contributed by atoms with E-state index in [0.717, 1.165) is 28.0 Å². The molecule has 5 rings (SSSR count). The smallest absolute Gasteiger partial charge is 0.204 e. The molecule has 0 aliphatic carbocycles. The van der Waals surface area contributed by atoms with Crippen LogP contribution in [0, 0.1) is 0 Å². The number of rotatable bonds is 4. The molecule has 1 aromatic heterocycles. The Morgan fingerprint density at radius 3 is 2.10 bits per heavy atom. The molecular weight excluding hydrogens is 388 g/mol. The SMILES string of the molecule is COc1ccc(-c2cc3c(=O)c4c(OC)cccc4oc3cc2-c2ccccc2)cc1. The molecule has 31 heavy (non-hydrogen) atoms. The molecule has 4 nitrogen and oxygen atoms in total. The van der Waals surface area contributed by atoms with Gasteiger partial charge in [-0.3, -0.25) is 4.79 Å². The van der Waals surface area contributed by atoms with Crippen molar-refractivity contribution in [1.82, 2.24) is 0 Å². The van der Waals surface area contributed by atoms with E-state index in [0.29, 0.717) is 27.7 Å². The molecule has 0 amide bonds. The first-order valence-corrected chi connectivity index (χ1v) is 9.97. The van der Waals surface area contributed by atoms with Gasteiger partial charge in [0, 0.05) is 0 Å². The molecule has 0 atom stereocenters. The number of methoxy groups -OCH3 is 2. The summed E-state index contributed by atoms with van der Waals surface area (Å²) in [6.45, 7) is 0. The first kappa shape index (κ1) is 18.9. The van der Waals surface area contributed by atoms with E-state index < -0.39 is 0 Å². The Labute approximate surface area is 179 Å². The lowest BCUT2D eigenvalue weighted by Crippen LogP contribution is -2.04. The van der Waals surface area contributed by atoms with Crippen LogP contribution in [0.5, 0.6) is 11.5 Å². The minimum Gasteiger partial charge on any atom is -0.497 e. The van der Waals surface area contributed by atoms with Crippen molar-refractivity contribution in [3.8, 4) is 33.8 Å². The van der Waals surface area contributed by atoms with E-state index in [-0.39, 0.29) is 5.43 Å². The maximum Gasteiger partial charge on any atom is 0.204 e. The second kappa shape index (κ2) is 7.65. The maximum absolute atomic E-state index is 13.4. The van der Waals surface area contributed by atoms with Gasteiger partial charge in [0.25, 0.3) is 0 Å². The zero-order chi connectivity index (χ0) is 21.4. The third kappa shape index (κ3) is 3.22. The van der Waals surface area contributed by atoms with Crippen LogP contribution in [-0.2, 0) is 0 Å². The van der Waals surface area contributed by atoms with Crippen LogP contribution in [-0.4, -0.2) is 14.2 Å². The Morgan fingerprint density at radius 2 is 1.39 bits per heavy atom. The molecular formula is C27H20O4. The monoisotopic (exact) mass is 408 g/mol. The highest BCUT2D eigenvalue weighted by atomic mass is 16.5. The van der Waals surface area contributed by atoms with Crippen LogP contribution in [0.1, 0.15) is 0 Å². The van der Waals surface area contributed by atoms with Gasteiger partial charge in [-0.1, -0.05) is 48.5 Å². The van der Waals surface area contributed by atoms with Crippen LogP contribution in [0.3, 0.4) is 0 Å². The summed E-state index contributed by atoms with van der Waals surface area (Å²) in [7, 11) is 3.20. The zero-order valence-electron chi connectivity index (χ0n) is 17.2. The van der Waals surface area contributed by atoms with Crippen LogP contribution in [0.25, 0.3) is 44.2 Å². The van der Waals surface area contributed by atoms with Gasteiger partial charge >= 0.3 is 0 Å². The van der Waals surface area contributed by atoms with Crippen LogP contribution >= 0.6 is 0 Å². The van der Waals surface area contributed by atoms with Crippen molar-refractivity contribution >= 4 is 21.9 Å². The largest absolute Gasteiger partial charge is 0.497 e. The predicted molar refractivity (Wildman–Crippen MR) is 124 cm³/mol. The van der Waals surface area contributed by atoms with Gasteiger partial charge in [-0.15, -0.1) is 0 Å². The lowest BCUT2D eigenvalue weighted by atomic mass is 9.92. The van der Waals surface area contributed by atoms with Gasteiger partial charge in [0.1, 0.15) is 28.1 Å². The summed E-state index contributed by atoms with van der Waals surface area (Å²) in [6, 6.07) is 27.2. The lowest BCUT2D eigenvalue weighted by molar-refractivity contribution is 0.415. The summed E-state index contributed by atoms with van der Waals surface area (Å²) in [6.07, 6.45) is 0. The maximum atomic E-state index is 13.4. The van der Waals surface area contributed by atoms with Gasteiger partial charge in [0.15, 0.2) is 0 Å². The number of fused-ring (bicyclic) bond motifs is 2. The fraction of sp³-hybridized carbons (Fsp3) is 0.0741. The van der Waals surface area contributed by atoms with Crippen molar-refractivity contribution in [2.45, 2.75) is 0 Å². The van der Waals surface area contributed by atoms with Crippen molar-refractivity contribution in [3.63, 3.8) is 0 Å². The van der Waals surface area contributed by atoms with Crippen molar-refractivity contribution in [1.29, 1.82) is 0 Å². The number of hydrogen-bond donors (Lipinski definition) is 0. The van der Waals surface area contributed by atoms with Crippen LogP contribution in [0.15, 0.2) is 94.1 Å². The molecule has 0 spiro atoms. The molecule has 0 saturated heterocycles. The van der Waals surface area contributed by atoms with E-state index in [1.807, 2.05) is 60.7 Å². The molecule has 5 aromatic rings. The molecule has 0 bridgehead atoms. The number of benzene rings is 4. The topological polar surface area (TPSA) is 48.7 Å². The Morgan fingerprint density at radius 1 is 0.677 bits per heavy atom. The fourth-order valence-electron chi connectivity index (χ4n) is 3.95. The Balaban J connectivity index is 1.87. The average Bonchev–Trinajstić information content (AvgIpc) is 2.83. The second-order valence-electron chi connectivity index (χ2n) is 7.25. The van der Waals surface area contributed by atoms with E-state index in [1.54, 1.807) is 26.4 Å². The quantitative estimate of drug-likeness (QED) is 0.328. The molecule has 0 aliphatic heterocycles. The van der Waals surface area contributed by atoms with E-state index in [2.05, 4.69) is 12.1 Å². The van der Waals surface area contributed by atoms with Gasteiger partial charge in [0.2, 0.25) is 5.43 Å². The zero-order valence-corrected chi connectivity index (χ0v) is 17.2. The Hall–Kier alpha value is -4.05. The molecule has 0 radical (unpaired) electrons. The van der Waals surface area contributed by atoms with Crippen molar-refractivity contribution in [2.75, 3.05) is 14.2 Å². The third-order valence-electron chi connectivity index (χ3n) is 5.51. The van der Waals surface area contributed by atoms with Gasteiger partial charge in [-0.05, 0) is 58.7 Å². The van der Waals surface area contributed by atoms with Gasteiger partial charge < -0.3 is 13.9 Å². The van der Waals surface area contributed by atoms with Crippen LogP contribution in [0.4, 0.5) is 0 Å². The minimum absolute atomic E-state index is 0.108. The summed E-state index contributed by atoms with van der Waals surface area (Å²) >= 11 is 0. The van der Waals surface area contributed by atoms with E-state index in [1.165, 1.54) is 0 Å². The van der Waals surface area contributed by atoms with Crippen molar-refractivity contribution in [2.24, 2.45) is 0 Å². The number of ether oxygens (including phenoxy) is 2. The molecule has 0 unspecified atom stereocenters. The highest BCUT2D eigenvalue weighted by molar-refractivity contribution is 5.99. The standard InChI is InChI=1S/C27H20O4/c1-29-19-13-11-18(12-14-19)20-15-22-25(16-21(20)17-7-4-3-5-8-17)31-24-10-6-9-23(30-2)26(24)27(22)28/h3-16H,1-2H3. The molecule has 0 saturated carbocycles. The lowest BCUT2D eigenvalue weighted by Gasteiger charge is -2.13. The summed E-state index contributed by atoms with van der Waals surface area (Å²) in [4.78, 5) is 13.4. The van der Waals surface area contributed by atoms with Gasteiger partial charge in [0.05, 0.1) is 19.6 Å². The highest BCUT2D eigenvalue weighted by Gasteiger charge is 2.16. The molecule has 4 aromatic carbocycles. The molecule has 1 heterocycles. The summed E-state index contributed by atoms with van der Waals surface area (Å²) in [5, 5.41) is 0.966. The highest BCUT2D eigenvalue weighted by Crippen LogP contribution is 2.37. The average molecular weight is 408 g/mol.